The van der Waals surface area contributed by atoms with Crippen LogP contribution in [0.5, 0.6) is 0 Å². The molecule has 1 aliphatic carbocycles. The van der Waals surface area contributed by atoms with E-state index in [1.54, 1.807) is 0 Å². The third-order valence-electron chi connectivity index (χ3n) is 2.62. The number of nitrogens with zero attached hydrogens (tertiary/aromatic N) is 2. The highest BCUT2D eigenvalue weighted by Crippen LogP contribution is 2.45. The molecule has 0 unspecified atom stereocenters. The van der Waals surface area contributed by atoms with Crippen molar-refractivity contribution in [3.63, 3.8) is 0 Å². The highest BCUT2D eigenvalue weighted by atomic mass is 15.2. The van der Waals surface area contributed by atoms with E-state index < -0.39 is 0 Å². The van der Waals surface area contributed by atoms with E-state index >= 15 is 0 Å². The van der Waals surface area contributed by atoms with Gasteiger partial charge < -0.3 is 4.98 Å². The summed E-state index contributed by atoms with van der Waals surface area (Å²) in [5.74, 6) is 2.54. The van der Waals surface area contributed by atoms with Gasteiger partial charge in [-0.15, -0.1) is 10.2 Å². The monoisotopic (exact) mass is 165 g/mol. The van der Waals surface area contributed by atoms with E-state index in [0.29, 0.717) is 11.3 Å². The third kappa shape index (κ3) is 1.13. The molecule has 1 heterocycles. The van der Waals surface area contributed by atoms with Gasteiger partial charge in [-0.1, -0.05) is 20.8 Å². The minimum Gasteiger partial charge on any atom is -0.328 e. The molecule has 0 amide bonds. The van der Waals surface area contributed by atoms with Crippen molar-refractivity contribution in [3.8, 4) is 0 Å². The summed E-state index contributed by atoms with van der Waals surface area (Å²) in [7, 11) is 0. The zero-order valence-corrected chi connectivity index (χ0v) is 7.89. The van der Waals surface area contributed by atoms with Gasteiger partial charge >= 0.3 is 0 Å². The number of nitrogens with one attached hydrogen (secondary N) is 1. The quantitative estimate of drug-likeness (QED) is 0.728. The van der Waals surface area contributed by atoms with Crippen molar-refractivity contribution in [2.24, 2.45) is 0 Å². The van der Waals surface area contributed by atoms with Crippen LogP contribution in [0.1, 0.15) is 51.2 Å². The molecule has 0 bridgehead atoms. The van der Waals surface area contributed by atoms with Gasteiger partial charge in [-0.3, -0.25) is 0 Å². The van der Waals surface area contributed by atoms with Crippen molar-refractivity contribution in [1.29, 1.82) is 0 Å². The predicted octanol–water partition coefficient (Wildman–Crippen LogP) is 1.98. The summed E-state index contributed by atoms with van der Waals surface area (Å²) < 4.78 is 0. The Labute approximate surface area is 72.6 Å². The van der Waals surface area contributed by atoms with E-state index in [0.717, 1.165) is 11.6 Å². The molecule has 3 nitrogen and oxygen atoms in total. The Kier molecular flexibility index (Phi) is 1.50. The van der Waals surface area contributed by atoms with Crippen LogP contribution in [0.4, 0.5) is 0 Å². The first-order chi connectivity index (χ1) is 5.62. The van der Waals surface area contributed by atoms with Crippen molar-refractivity contribution in [2.75, 3.05) is 0 Å². The van der Waals surface area contributed by atoms with Crippen LogP contribution < -0.4 is 0 Å². The van der Waals surface area contributed by atoms with Crippen molar-refractivity contribution < 1.29 is 0 Å². The second-order valence-electron chi connectivity index (χ2n) is 4.27. The lowest BCUT2D eigenvalue weighted by atomic mass is 10.1. The number of aromatic amines is 1. The maximum atomic E-state index is 4.17. The lowest BCUT2D eigenvalue weighted by molar-refractivity contribution is 0.711. The van der Waals surface area contributed by atoms with Crippen LogP contribution in [0.25, 0.3) is 0 Å². The van der Waals surface area contributed by atoms with Gasteiger partial charge in [-0.2, -0.15) is 0 Å². The smallest absolute Gasteiger partial charge is 0.136 e. The zero-order chi connectivity index (χ0) is 8.77. The highest BCUT2D eigenvalue weighted by Gasteiger charge is 2.42. The average molecular weight is 165 g/mol. The Morgan fingerprint density at radius 2 is 2.00 bits per heavy atom. The van der Waals surface area contributed by atoms with E-state index in [1.165, 1.54) is 12.8 Å². The van der Waals surface area contributed by atoms with Crippen LogP contribution in [-0.2, 0) is 5.41 Å². The van der Waals surface area contributed by atoms with Gasteiger partial charge in [-0.25, -0.2) is 0 Å². The molecule has 66 valence electrons. The Balaban J connectivity index is 2.25. The van der Waals surface area contributed by atoms with Gasteiger partial charge in [0.25, 0.3) is 0 Å². The minimum absolute atomic E-state index is 0.320. The number of H-pyrrole nitrogens is 1. The molecule has 1 aromatic heterocycles. The summed E-state index contributed by atoms with van der Waals surface area (Å²) in [5, 5.41) is 8.28. The second-order valence-corrected chi connectivity index (χ2v) is 4.27. The minimum atomic E-state index is 0.320. The van der Waals surface area contributed by atoms with Gasteiger partial charge in [0, 0.05) is 11.3 Å². The molecule has 0 aromatic carbocycles. The summed E-state index contributed by atoms with van der Waals surface area (Å²) >= 11 is 0. The summed E-state index contributed by atoms with van der Waals surface area (Å²) in [6.45, 7) is 6.48. The van der Waals surface area contributed by atoms with Gasteiger partial charge in [0.05, 0.1) is 0 Å². The molecule has 2 rings (SSSR count). The van der Waals surface area contributed by atoms with Crippen LogP contribution in [0.3, 0.4) is 0 Å². The molecule has 0 aliphatic heterocycles. The molecule has 1 saturated carbocycles. The Morgan fingerprint density at radius 3 is 2.42 bits per heavy atom. The van der Waals surface area contributed by atoms with Crippen LogP contribution in [0, 0.1) is 0 Å². The first-order valence-corrected chi connectivity index (χ1v) is 4.55. The van der Waals surface area contributed by atoms with Gasteiger partial charge in [0.1, 0.15) is 11.6 Å². The van der Waals surface area contributed by atoms with Crippen LogP contribution in [0.15, 0.2) is 0 Å². The summed E-state index contributed by atoms with van der Waals surface area (Å²) in [6.07, 6.45) is 2.50. The van der Waals surface area contributed by atoms with Crippen LogP contribution in [0.2, 0.25) is 0 Å². The Bertz CT molecular complexity index is 284. The standard InChI is InChI=1S/C9H15N3/c1-6(2)7-10-8(12-11-7)9(3)4-5-9/h6H,4-5H2,1-3H3,(H,10,11,12). The molecule has 0 radical (unpaired) electrons. The van der Waals surface area contributed by atoms with E-state index in [-0.39, 0.29) is 0 Å². The zero-order valence-electron chi connectivity index (χ0n) is 7.89. The number of hydrogen-bond donors (Lipinski definition) is 1. The first kappa shape index (κ1) is 7.77. The molecule has 1 aliphatic rings. The molecular formula is C9H15N3. The molecule has 3 heteroatoms. The number of hydrogen-bond acceptors (Lipinski definition) is 2. The third-order valence-corrected chi connectivity index (χ3v) is 2.62. The predicted molar refractivity (Wildman–Crippen MR) is 47.1 cm³/mol. The van der Waals surface area contributed by atoms with Crippen LogP contribution in [-0.4, -0.2) is 15.2 Å². The van der Waals surface area contributed by atoms with Crippen molar-refractivity contribution in [2.45, 2.75) is 44.9 Å². The molecule has 12 heavy (non-hydrogen) atoms. The van der Waals surface area contributed by atoms with E-state index in [9.17, 15) is 0 Å². The molecule has 1 aromatic rings. The SMILES string of the molecule is CC(C)c1nnc(C2(C)CC2)[nH]1. The molecule has 0 atom stereocenters. The van der Waals surface area contributed by atoms with Crippen molar-refractivity contribution in [3.05, 3.63) is 11.6 Å². The summed E-state index contributed by atoms with van der Waals surface area (Å²) in [6, 6.07) is 0. The molecule has 0 saturated heterocycles. The average Bonchev–Trinajstić information content (AvgIpc) is 2.61. The van der Waals surface area contributed by atoms with Crippen molar-refractivity contribution in [1.82, 2.24) is 15.2 Å². The Hall–Kier alpha value is -0.860. The van der Waals surface area contributed by atoms with Gasteiger partial charge in [0.2, 0.25) is 0 Å². The lowest BCUT2D eigenvalue weighted by Gasteiger charge is -2.01. The maximum absolute atomic E-state index is 4.17. The lowest BCUT2D eigenvalue weighted by Crippen LogP contribution is -2.02. The Morgan fingerprint density at radius 1 is 1.33 bits per heavy atom. The fraction of sp³-hybridized carbons (Fsp3) is 0.778. The van der Waals surface area contributed by atoms with E-state index in [2.05, 4.69) is 36.0 Å². The molecule has 0 spiro atoms. The van der Waals surface area contributed by atoms with E-state index in [1.807, 2.05) is 0 Å². The first-order valence-electron chi connectivity index (χ1n) is 4.55. The highest BCUT2D eigenvalue weighted by molar-refractivity contribution is 5.15. The topological polar surface area (TPSA) is 41.6 Å². The summed E-state index contributed by atoms with van der Waals surface area (Å²) in [4.78, 5) is 3.29. The fourth-order valence-corrected chi connectivity index (χ4v) is 1.23. The normalized spacial score (nSPS) is 20.0. The van der Waals surface area contributed by atoms with Gasteiger partial charge in [0.15, 0.2) is 0 Å². The van der Waals surface area contributed by atoms with Crippen LogP contribution >= 0.6 is 0 Å². The summed E-state index contributed by atoms with van der Waals surface area (Å²) in [5.41, 5.74) is 0.320. The van der Waals surface area contributed by atoms with Crippen molar-refractivity contribution >= 4 is 0 Å². The van der Waals surface area contributed by atoms with E-state index in [4.69, 9.17) is 0 Å². The second kappa shape index (κ2) is 2.31. The molecule has 1 N–H and O–H groups in total. The number of aromatic nitrogens is 3. The molecule has 1 fully saturated rings. The largest absolute Gasteiger partial charge is 0.328 e. The maximum Gasteiger partial charge on any atom is 0.136 e. The van der Waals surface area contributed by atoms with Gasteiger partial charge in [-0.05, 0) is 12.8 Å². The fourth-order valence-electron chi connectivity index (χ4n) is 1.23. The number of rotatable bonds is 2. The molecular weight excluding hydrogens is 150 g/mol.